The van der Waals surface area contributed by atoms with Gasteiger partial charge in [-0.25, -0.2) is 0 Å². The van der Waals surface area contributed by atoms with Crippen LogP contribution in [0, 0.1) is 10.1 Å². The van der Waals surface area contributed by atoms with Crippen LogP contribution < -0.4 is 10.2 Å². The van der Waals surface area contributed by atoms with Gasteiger partial charge in [0, 0.05) is 43.6 Å². The Bertz CT molecular complexity index is 846. The molecule has 25 heavy (non-hydrogen) atoms. The first kappa shape index (κ1) is 17.9. The number of nitrogens with zero attached hydrogens (tertiary/aromatic N) is 2. The Labute approximate surface area is 144 Å². The van der Waals surface area contributed by atoms with Gasteiger partial charge in [-0.05, 0) is 29.8 Å². The normalized spacial score (nSPS) is 10.5. The molecule has 0 aromatic heterocycles. The van der Waals surface area contributed by atoms with Crippen LogP contribution in [-0.2, 0) is 9.59 Å². The number of nitro benzene ring substituents is 1. The number of hydrogen-bond donors (Lipinski definition) is 1. The summed E-state index contributed by atoms with van der Waals surface area (Å²) < 4.78 is 0. The number of nitrogens with one attached hydrogen (secondary N) is 1. The fourth-order valence-corrected chi connectivity index (χ4v) is 2.07. The van der Waals surface area contributed by atoms with Crippen LogP contribution in [0.25, 0.3) is 6.08 Å². The van der Waals surface area contributed by atoms with Gasteiger partial charge in [0.15, 0.2) is 0 Å². The lowest BCUT2D eigenvalue weighted by Crippen LogP contribution is -2.22. The van der Waals surface area contributed by atoms with Gasteiger partial charge in [0.25, 0.3) is 5.69 Å². The quantitative estimate of drug-likeness (QED) is 0.514. The van der Waals surface area contributed by atoms with Gasteiger partial charge >= 0.3 is 0 Å². The van der Waals surface area contributed by atoms with Crippen LogP contribution in [0.4, 0.5) is 17.1 Å². The van der Waals surface area contributed by atoms with Gasteiger partial charge < -0.3 is 10.2 Å². The Kier molecular flexibility index (Phi) is 5.62. The van der Waals surface area contributed by atoms with Crippen molar-refractivity contribution in [2.24, 2.45) is 0 Å². The van der Waals surface area contributed by atoms with Crippen molar-refractivity contribution in [2.45, 2.75) is 6.92 Å². The molecule has 7 nitrogen and oxygen atoms in total. The Morgan fingerprint density at radius 1 is 1.16 bits per heavy atom. The molecule has 2 rings (SSSR count). The maximum absolute atomic E-state index is 12.0. The second-order valence-corrected chi connectivity index (χ2v) is 5.30. The minimum absolute atomic E-state index is 0.0393. The van der Waals surface area contributed by atoms with Crippen molar-refractivity contribution >= 4 is 35.0 Å². The summed E-state index contributed by atoms with van der Waals surface area (Å²) in [4.78, 5) is 35.1. The highest BCUT2D eigenvalue weighted by molar-refractivity contribution is 6.02. The molecule has 0 unspecified atom stereocenters. The van der Waals surface area contributed by atoms with E-state index in [9.17, 15) is 19.7 Å². The molecular weight excluding hydrogens is 322 g/mol. The highest BCUT2D eigenvalue weighted by Gasteiger charge is 2.07. The van der Waals surface area contributed by atoms with Crippen LogP contribution in [0.5, 0.6) is 0 Å². The van der Waals surface area contributed by atoms with Gasteiger partial charge in [0.05, 0.1) is 4.92 Å². The first-order valence-corrected chi connectivity index (χ1v) is 7.44. The van der Waals surface area contributed by atoms with Crippen molar-refractivity contribution in [2.75, 3.05) is 17.3 Å². The summed E-state index contributed by atoms with van der Waals surface area (Å²) in [5.74, 6) is -0.497. The van der Waals surface area contributed by atoms with E-state index in [2.05, 4.69) is 5.32 Å². The number of nitro groups is 1. The smallest absolute Gasteiger partial charge is 0.270 e. The Morgan fingerprint density at radius 2 is 1.88 bits per heavy atom. The number of carbonyl (C=O) groups excluding carboxylic acids is 2. The van der Waals surface area contributed by atoms with Crippen LogP contribution in [0.2, 0.25) is 0 Å². The Balaban J connectivity index is 2.07. The van der Waals surface area contributed by atoms with Crippen molar-refractivity contribution in [1.82, 2.24) is 0 Å². The zero-order chi connectivity index (χ0) is 18.4. The zero-order valence-electron chi connectivity index (χ0n) is 13.8. The highest BCUT2D eigenvalue weighted by atomic mass is 16.6. The largest absolute Gasteiger partial charge is 0.322 e. The van der Waals surface area contributed by atoms with E-state index in [1.807, 2.05) is 0 Å². The van der Waals surface area contributed by atoms with Crippen molar-refractivity contribution in [1.29, 1.82) is 0 Å². The average molecular weight is 339 g/mol. The molecule has 0 saturated carbocycles. The van der Waals surface area contributed by atoms with Crippen LogP contribution in [0.1, 0.15) is 12.5 Å². The minimum Gasteiger partial charge on any atom is -0.322 e. The first-order chi connectivity index (χ1) is 11.9. The van der Waals surface area contributed by atoms with E-state index in [0.29, 0.717) is 16.9 Å². The molecule has 0 spiro atoms. The van der Waals surface area contributed by atoms with E-state index in [4.69, 9.17) is 0 Å². The van der Waals surface area contributed by atoms with Crippen molar-refractivity contribution in [3.05, 3.63) is 70.3 Å². The molecule has 2 amide bonds. The number of amides is 2. The lowest BCUT2D eigenvalue weighted by Gasteiger charge is -2.15. The third-order valence-corrected chi connectivity index (χ3v) is 3.48. The molecule has 128 valence electrons. The summed E-state index contributed by atoms with van der Waals surface area (Å²) in [6.45, 7) is 1.45. The van der Waals surface area contributed by atoms with Gasteiger partial charge in [0.2, 0.25) is 11.8 Å². The molecule has 0 aliphatic heterocycles. The fraction of sp³-hybridized carbons (Fsp3) is 0.111. The molecule has 1 N–H and O–H groups in total. The fourth-order valence-electron chi connectivity index (χ4n) is 2.07. The second-order valence-electron chi connectivity index (χ2n) is 5.30. The summed E-state index contributed by atoms with van der Waals surface area (Å²) in [6.07, 6.45) is 2.79. The third kappa shape index (κ3) is 5.00. The van der Waals surface area contributed by atoms with E-state index in [1.54, 1.807) is 43.4 Å². The summed E-state index contributed by atoms with van der Waals surface area (Å²) >= 11 is 0. The summed E-state index contributed by atoms with van der Waals surface area (Å²) in [6, 6.07) is 12.9. The SMILES string of the molecule is CC(=O)N(C)c1cccc(NC(=O)/C=C/c2cccc([N+](=O)[O-])c2)c1. The molecule has 0 atom stereocenters. The standard InChI is InChI=1S/C18H17N3O4/c1-13(22)20(2)16-7-4-6-15(12-16)19-18(23)10-9-14-5-3-8-17(11-14)21(24)25/h3-12H,1-2H3,(H,19,23)/b10-9+. The molecule has 0 aliphatic carbocycles. The molecule has 0 aliphatic rings. The Hall–Kier alpha value is -3.48. The van der Waals surface area contributed by atoms with Gasteiger partial charge in [-0.3, -0.25) is 19.7 Å². The van der Waals surface area contributed by atoms with Crippen molar-refractivity contribution < 1.29 is 14.5 Å². The number of carbonyl (C=O) groups is 2. The van der Waals surface area contributed by atoms with E-state index in [1.165, 1.54) is 36.1 Å². The summed E-state index contributed by atoms with van der Waals surface area (Å²) in [7, 11) is 1.64. The molecule has 0 heterocycles. The number of rotatable bonds is 5. The number of non-ortho nitro benzene ring substituents is 1. The molecule has 0 saturated heterocycles. The third-order valence-electron chi connectivity index (χ3n) is 3.48. The summed E-state index contributed by atoms with van der Waals surface area (Å²) in [5.41, 5.74) is 1.71. The van der Waals surface area contributed by atoms with Crippen LogP contribution >= 0.6 is 0 Å². The van der Waals surface area contributed by atoms with Gasteiger partial charge in [0.1, 0.15) is 0 Å². The molecule has 2 aromatic rings. The van der Waals surface area contributed by atoms with E-state index < -0.39 is 4.92 Å². The molecule has 2 aromatic carbocycles. The van der Waals surface area contributed by atoms with Crippen molar-refractivity contribution in [3.8, 4) is 0 Å². The van der Waals surface area contributed by atoms with Gasteiger partial charge in [-0.15, -0.1) is 0 Å². The van der Waals surface area contributed by atoms with Crippen LogP contribution in [-0.4, -0.2) is 23.8 Å². The lowest BCUT2D eigenvalue weighted by atomic mass is 10.2. The molecular formula is C18H17N3O4. The lowest BCUT2D eigenvalue weighted by molar-refractivity contribution is -0.384. The first-order valence-electron chi connectivity index (χ1n) is 7.44. The number of benzene rings is 2. The minimum atomic E-state index is -0.492. The molecule has 0 bridgehead atoms. The predicted octanol–water partition coefficient (Wildman–Crippen LogP) is 3.23. The van der Waals surface area contributed by atoms with E-state index in [-0.39, 0.29) is 17.5 Å². The average Bonchev–Trinajstić information content (AvgIpc) is 2.59. The maximum Gasteiger partial charge on any atom is 0.270 e. The van der Waals surface area contributed by atoms with Crippen LogP contribution in [0.15, 0.2) is 54.6 Å². The number of anilines is 2. The number of hydrogen-bond acceptors (Lipinski definition) is 4. The van der Waals surface area contributed by atoms with Crippen LogP contribution in [0.3, 0.4) is 0 Å². The highest BCUT2D eigenvalue weighted by Crippen LogP contribution is 2.19. The zero-order valence-corrected chi connectivity index (χ0v) is 13.8. The van der Waals surface area contributed by atoms with Gasteiger partial charge in [-0.1, -0.05) is 18.2 Å². The second kappa shape index (κ2) is 7.87. The van der Waals surface area contributed by atoms with Gasteiger partial charge in [-0.2, -0.15) is 0 Å². The van der Waals surface area contributed by atoms with E-state index in [0.717, 1.165) is 0 Å². The monoisotopic (exact) mass is 339 g/mol. The maximum atomic E-state index is 12.0. The predicted molar refractivity (Wildman–Crippen MR) is 96.3 cm³/mol. The molecule has 7 heteroatoms. The summed E-state index contributed by atoms with van der Waals surface area (Å²) in [5, 5.41) is 13.4. The van der Waals surface area contributed by atoms with E-state index >= 15 is 0 Å². The van der Waals surface area contributed by atoms with Crippen molar-refractivity contribution in [3.63, 3.8) is 0 Å². The molecule has 0 radical (unpaired) electrons. The topological polar surface area (TPSA) is 92.6 Å². The molecule has 0 fully saturated rings. The Morgan fingerprint density at radius 3 is 2.56 bits per heavy atom.